The number of fused-ring (bicyclic) bond motifs is 1. The van der Waals surface area contributed by atoms with Crippen molar-refractivity contribution in [2.24, 2.45) is 5.92 Å². The predicted molar refractivity (Wildman–Crippen MR) is 105 cm³/mol. The van der Waals surface area contributed by atoms with E-state index in [4.69, 9.17) is 0 Å². The smallest absolute Gasteiger partial charge is 0.211 e. The van der Waals surface area contributed by atoms with Crippen LogP contribution in [-0.2, 0) is 23.0 Å². The van der Waals surface area contributed by atoms with Crippen LogP contribution in [0.4, 0.5) is 0 Å². The molecule has 1 aliphatic rings. The van der Waals surface area contributed by atoms with E-state index >= 15 is 0 Å². The maximum Gasteiger partial charge on any atom is 0.211 e. The number of rotatable bonds is 7. The minimum atomic E-state index is -3.17. The number of hydrogen-bond donors (Lipinski definition) is 2. The number of aryl methyl sites for hydroxylation is 1. The largest absolute Gasteiger partial charge is 0.310 e. The van der Waals surface area contributed by atoms with Gasteiger partial charge in [-0.05, 0) is 62.3 Å². The van der Waals surface area contributed by atoms with Crippen molar-refractivity contribution < 1.29 is 8.42 Å². The van der Waals surface area contributed by atoms with Crippen LogP contribution in [-0.4, -0.2) is 20.7 Å². The Morgan fingerprint density at radius 2 is 2.16 bits per heavy atom. The van der Waals surface area contributed by atoms with Gasteiger partial charge in [0, 0.05) is 12.6 Å². The zero-order chi connectivity index (χ0) is 18.4. The first-order valence-corrected chi connectivity index (χ1v) is 11.0. The van der Waals surface area contributed by atoms with Crippen LogP contribution in [0.1, 0.15) is 63.3 Å². The van der Waals surface area contributed by atoms with Crippen molar-refractivity contribution in [2.75, 3.05) is 12.3 Å². The minimum Gasteiger partial charge on any atom is -0.310 e. The number of hydrogen-bond acceptors (Lipinski definition) is 3. The van der Waals surface area contributed by atoms with E-state index in [0.29, 0.717) is 18.5 Å². The van der Waals surface area contributed by atoms with E-state index in [1.807, 2.05) is 0 Å². The van der Waals surface area contributed by atoms with Crippen LogP contribution in [0.25, 0.3) is 0 Å². The zero-order valence-electron chi connectivity index (χ0n) is 15.9. The molecule has 1 heterocycles. The van der Waals surface area contributed by atoms with Crippen molar-refractivity contribution in [3.8, 4) is 0 Å². The van der Waals surface area contributed by atoms with Gasteiger partial charge >= 0.3 is 0 Å². The maximum atomic E-state index is 11.7. The topological polar surface area (TPSA) is 58.2 Å². The van der Waals surface area contributed by atoms with E-state index in [9.17, 15) is 8.42 Å². The van der Waals surface area contributed by atoms with Crippen molar-refractivity contribution in [3.63, 3.8) is 0 Å². The molecular formula is C20H32N2O2S. The highest BCUT2D eigenvalue weighted by molar-refractivity contribution is 7.89. The Morgan fingerprint density at radius 1 is 1.40 bits per heavy atom. The standard InChI is InChI=1S/C20H32N2O2S/c1-5-25(23,24)22-14-17-8-9-18-7-6-10-21-20(19(18)13-17)12-16(4)11-15(2)3/h8-9,11,13,15,20-22H,5-7,10,12,14H2,1-4H3. The van der Waals surface area contributed by atoms with E-state index in [-0.39, 0.29) is 5.75 Å². The Hall–Kier alpha value is -1.17. The molecule has 5 heteroatoms. The lowest BCUT2D eigenvalue weighted by Gasteiger charge is -2.21. The molecule has 2 rings (SSSR count). The molecular weight excluding hydrogens is 332 g/mol. The van der Waals surface area contributed by atoms with Gasteiger partial charge in [0.15, 0.2) is 0 Å². The summed E-state index contributed by atoms with van der Waals surface area (Å²) in [4.78, 5) is 0. The third kappa shape index (κ3) is 6.24. The van der Waals surface area contributed by atoms with Gasteiger partial charge < -0.3 is 5.32 Å². The van der Waals surface area contributed by atoms with Gasteiger partial charge in [-0.15, -0.1) is 0 Å². The highest BCUT2D eigenvalue weighted by Crippen LogP contribution is 2.29. The fraction of sp³-hybridized carbons (Fsp3) is 0.600. The van der Waals surface area contributed by atoms with Gasteiger partial charge in [0.2, 0.25) is 10.0 Å². The van der Waals surface area contributed by atoms with Crippen LogP contribution in [0.3, 0.4) is 0 Å². The molecule has 0 bridgehead atoms. The second-order valence-electron chi connectivity index (χ2n) is 7.33. The van der Waals surface area contributed by atoms with Crippen LogP contribution in [0, 0.1) is 5.92 Å². The van der Waals surface area contributed by atoms with Crippen LogP contribution >= 0.6 is 0 Å². The quantitative estimate of drug-likeness (QED) is 0.726. The average molecular weight is 365 g/mol. The van der Waals surface area contributed by atoms with Crippen molar-refractivity contribution in [1.29, 1.82) is 0 Å². The number of sulfonamides is 1. The molecule has 0 radical (unpaired) electrons. The number of allylic oxidation sites excluding steroid dienone is 1. The van der Waals surface area contributed by atoms with E-state index < -0.39 is 10.0 Å². The molecule has 1 aromatic rings. The summed E-state index contributed by atoms with van der Waals surface area (Å²) in [6.07, 6.45) is 5.53. The normalized spacial score (nSPS) is 18.9. The first kappa shape index (κ1) is 20.1. The molecule has 25 heavy (non-hydrogen) atoms. The van der Waals surface area contributed by atoms with Gasteiger partial charge in [-0.1, -0.05) is 43.7 Å². The fourth-order valence-corrected chi connectivity index (χ4v) is 4.00. The molecule has 4 nitrogen and oxygen atoms in total. The summed E-state index contributed by atoms with van der Waals surface area (Å²) in [5.74, 6) is 0.668. The van der Waals surface area contributed by atoms with Gasteiger partial charge in [0.1, 0.15) is 0 Å². The van der Waals surface area contributed by atoms with Crippen molar-refractivity contribution in [1.82, 2.24) is 10.0 Å². The van der Waals surface area contributed by atoms with Crippen LogP contribution < -0.4 is 10.0 Å². The first-order chi connectivity index (χ1) is 11.8. The molecule has 0 saturated heterocycles. The van der Waals surface area contributed by atoms with Crippen LogP contribution in [0.2, 0.25) is 0 Å². The zero-order valence-corrected chi connectivity index (χ0v) is 16.7. The lowest BCUT2D eigenvalue weighted by atomic mass is 9.92. The Balaban J connectivity index is 2.22. The summed E-state index contributed by atoms with van der Waals surface area (Å²) in [5, 5.41) is 3.67. The fourth-order valence-electron chi connectivity index (χ4n) is 3.41. The molecule has 1 atom stereocenters. The highest BCUT2D eigenvalue weighted by atomic mass is 32.2. The molecule has 0 fully saturated rings. The first-order valence-electron chi connectivity index (χ1n) is 9.30. The maximum absolute atomic E-state index is 11.7. The SMILES string of the molecule is CCS(=O)(=O)NCc1ccc2c(c1)C(CC(C)=CC(C)C)NCCC2. The summed E-state index contributed by atoms with van der Waals surface area (Å²) in [6.45, 7) is 9.64. The van der Waals surface area contributed by atoms with Crippen molar-refractivity contribution >= 4 is 10.0 Å². The summed E-state index contributed by atoms with van der Waals surface area (Å²) in [7, 11) is -3.17. The lowest BCUT2D eigenvalue weighted by molar-refractivity contribution is 0.535. The summed E-state index contributed by atoms with van der Waals surface area (Å²) in [5.41, 5.74) is 5.13. The minimum absolute atomic E-state index is 0.112. The van der Waals surface area contributed by atoms with Crippen LogP contribution in [0.5, 0.6) is 0 Å². The Kier molecular flexibility index (Phi) is 7.23. The predicted octanol–water partition coefficient (Wildman–Crippen LogP) is 3.70. The number of nitrogens with one attached hydrogen (secondary N) is 2. The molecule has 0 aliphatic carbocycles. The van der Waals surface area contributed by atoms with Gasteiger partial charge in [0.05, 0.1) is 5.75 Å². The van der Waals surface area contributed by atoms with Gasteiger partial charge in [-0.25, -0.2) is 13.1 Å². The molecule has 0 amide bonds. The van der Waals surface area contributed by atoms with E-state index in [1.54, 1.807) is 6.92 Å². The van der Waals surface area contributed by atoms with Gasteiger partial charge in [-0.2, -0.15) is 0 Å². The lowest BCUT2D eigenvalue weighted by Crippen LogP contribution is -2.25. The highest BCUT2D eigenvalue weighted by Gasteiger charge is 2.19. The van der Waals surface area contributed by atoms with Gasteiger partial charge in [0.25, 0.3) is 0 Å². The monoisotopic (exact) mass is 364 g/mol. The Labute approximate surface area is 153 Å². The second kappa shape index (κ2) is 8.97. The Morgan fingerprint density at radius 3 is 2.84 bits per heavy atom. The van der Waals surface area contributed by atoms with E-state index in [2.05, 4.69) is 55.1 Å². The summed E-state index contributed by atoms with van der Waals surface area (Å²) < 4.78 is 26.1. The molecule has 0 aromatic heterocycles. The second-order valence-corrected chi connectivity index (χ2v) is 9.42. The molecule has 0 spiro atoms. The van der Waals surface area contributed by atoms with Gasteiger partial charge in [-0.3, -0.25) is 0 Å². The third-order valence-corrected chi connectivity index (χ3v) is 5.96. The molecule has 1 unspecified atom stereocenters. The average Bonchev–Trinajstić information content (AvgIpc) is 2.74. The van der Waals surface area contributed by atoms with E-state index in [1.165, 1.54) is 16.7 Å². The van der Waals surface area contributed by atoms with Crippen LogP contribution in [0.15, 0.2) is 29.8 Å². The molecule has 0 saturated carbocycles. The molecule has 140 valence electrons. The molecule has 1 aliphatic heterocycles. The van der Waals surface area contributed by atoms with E-state index in [0.717, 1.165) is 31.4 Å². The van der Waals surface area contributed by atoms with Crippen molar-refractivity contribution in [2.45, 2.75) is 59.5 Å². The molecule has 1 aromatic carbocycles. The third-order valence-electron chi connectivity index (χ3n) is 4.62. The summed E-state index contributed by atoms with van der Waals surface area (Å²) >= 11 is 0. The molecule has 2 N–H and O–H groups in total. The summed E-state index contributed by atoms with van der Waals surface area (Å²) in [6, 6.07) is 6.71. The number of benzene rings is 1. The van der Waals surface area contributed by atoms with Crippen molar-refractivity contribution in [3.05, 3.63) is 46.5 Å². The Bertz CT molecular complexity index is 708.